The highest BCUT2D eigenvalue weighted by molar-refractivity contribution is 9.10. The van der Waals surface area contributed by atoms with Gasteiger partial charge in [-0.3, -0.25) is 14.9 Å². The number of amides is 4. The average Bonchev–Trinajstić information content (AvgIpc) is 2.85. The van der Waals surface area contributed by atoms with Crippen molar-refractivity contribution in [2.45, 2.75) is 41.2 Å². The maximum Gasteiger partial charge on any atom is 0.335 e. The Balaban J connectivity index is 1.66. The van der Waals surface area contributed by atoms with Gasteiger partial charge in [0.2, 0.25) is 0 Å². The van der Waals surface area contributed by atoms with E-state index >= 15 is 0 Å². The van der Waals surface area contributed by atoms with E-state index in [0.717, 1.165) is 21.6 Å². The number of hydrogen-bond donors (Lipinski definition) is 1. The molecule has 3 aromatic carbocycles. The van der Waals surface area contributed by atoms with Crippen LogP contribution in [0, 0.1) is 27.7 Å². The van der Waals surface area contributed by atoms with Gasteiger partial charge in [-0.1, -0.05) is 24.3 Å². The third-order valence-electron chi connectivity index (χ3n) is 6.45. The predicted octanol–water partition coefficient (Wildman–Crippen LogP) is 6.33. The van der Waals surface area contributed by atoms with Gasteiger partial charge in [0, 0.05) is 0 Å². The molecule has 7 nitrogen and oxygen atoms in total. The lowest BCUT2D eigenvalue weighted by molar-refractivity contribution is -0.122. The van der Waals surface area contributed by atoms with Gasteiger partial charge in [-0.25, -0.2) is 9.69 Å². The van der Waals surface area contributed by atoms with E-state index in [9.17, 15) is 14.4 Å². The molecule has 0 aromatic heterocycles. The van der Waals surface area contributed by atoms with Crippen LogP contribution >= 0.6 is 15.9 Å². The summed E-state index contributed by atoms with van der Waals surface area (Å²) in [6.45, 7) is 10.5. The van der Waals surface area contributed by atoms with Gasteiger partial charge in [0.15, 0.2) is 11.5 Å². The molecule has 1 saturated heterocycles. The SMILES string of the molecule is CCOc1cc(/C=C2\C(=O)NC(=O)N(c3ccc(C)c(C)c3)C2=O)cc(Br)c1OCc1ccc(C)c(C)c1. The minimum absolute atomic E-state index is 0.166. The van der Waals surface area contributed by atoms with Crippen LogP contribution in [0.5, 0.6) is 11.5 Å². The first-order chi connectivity index (χ1) is 18.1. The molecule has 0 aliphatic carbocycles. The molecule has 38 heavy (non-hydrogen) atoms. The van der Waals surface area contributed by atoms with Gasteiger partial charge >= 0.3 is 6.03 Å². The molecular formula is C30H29BrN2O5. The first-order valence-corrected chi connectivity index (χ1v) is 13.0. The normalized spacial score (nSPS) is 14.6. The van der Waals surface area contributed by atoms with Crippen LogP contribution in [-0.4, -0.2) is 24.5 Å². The lowest BCUT2D eigenvalue weighted by atomic mass is 10.0. The highest BCUT2D eigenvalue weighted by Crippen LogP contribution is 2.38. The van der Waals surface area contributed by atoms with Gasteiger partial charge in [0.05, 0.1) is 16.8 Å². The summed E-state index contributed by atoms with van der Waals surface area (Å²) in [5.41, 5.74) is 6.12. The molecule has 1 N–H and O–H groups in total. The Kier molecular flexibility index (Phi) is 8.02. The molecule has 0 bridgehead atoms. The van der Waals surface area contributed by atoms with E-state index in [0.29, 0.717) is 40.4 Å². The topological polar surface area (TPSA) is 84.9 Å². The second-order valence-electron chi connectivity index (χ2n) is 9.20. The molecule has 0 saturated carbocycles. The Hall–Kier alpha value is -3.91. The predicted molar refractivity (Wildman–Crippen MR) is 150 cm³/mol. The lowest BCUT2D eigenvalue weighted by Gasteiger charge is -2.27. The van der Waals surface area contributed by atoms with Crippen molar-refractivity contribution in [1.82, 2.24) is 5.32 Å². The molecule has 0 spiro atoms. The van der Waals surface area contributed by atoms with Gasteiger partial charge in [-0.15, -0.1) is 0 Å². The van der Waals surface area contributed by atoms with E-state index in [-0.39, 0.29) is 5.57 Å². The molecule has 4 amide bonds. The third-order valence-corrected chi connectivity index (χ3v) is 7.04. The van der Waals surface area contributed by atoms with Gasteiger partial charge < -0.3 is 9.47 Å². The highest BCUT2D eigenvalue weighted by Gasteiger charge is 2.37. The number of carbonyl (C=O) groups is 3. The zero-order chi connectivity index (χ0) is 27.6. The number of aryl methyl sites for hydroxylation is 4. The van der Waals surface area contributed by atoms with Crippen LogP contribution in [-0.2, 0) is 16.2 Å². The maximum atomic E-state index is 13.3. The standard InChI is InChI=1S/C30H29BrN2O5/c1-6-37-26-15-22(14-25(31)27(26)38-16-21-9-7-17(2)19(4)11-21)13-24-28(34)32-30(36)33(29(24)35)23-10-8-18(3)20(5)12-23/h7-15H,6,16H2,1-5H3,(H,32,34,36)/b24-13+. The van der Waals surface area contributed by atoms with Crippen LogP contribution in [0.4, 0.5) is 10.5 Å². The molecular weight excluding hydrogens is 548 g/mol. The van der Waals surface area contributed by atoms with Crippen LogP contribution in [0.1, 0.15) is 40.3 Å². The lowest BCUT2D eigenvalue weighted by Crippen LogP contribution is -2.54. The minimum atomic E-state index is -0.785. The van der Waals surface area contributed by atoms with E-state index < -0.39 is 17.8 Å². The van der Waals surface area contributed by atoms with Gasteiger partial charge in [0.25, 0.3) is 11.8 Å². The number of anilines is 1. The first kappa shape index (κ1) is 27.1. The Morgan fingerprint density at radius 3 is 2.21 bits per heavy atom. The molecule has 1 heterocycles. The first-order valence-electron chi connectivity index (χ1n) is 12.2. The van der Waals surface area contributed by atoms with Crippen molar-refractivity contribution >= 4 is 45.5 Å². The fourth-order valence-corrected chi connectivity index (χ4v) is 4.62. The Bertz CT molecular complexity index is 1480. The molecule has 0 atom stereocenters. The van der Waals surface area contributed by atoms with E-state index in [2.05, 4.69) is 47.2 Å². The summed E-state index contributed by atoms with van der Waals surface area (Å²) in [6, 6.07) is 14.1. The zero-order valence-electron chi connectivity index (χ0n) is 22.0. The number of rotatable bonds is 7. The van der Waals surface area contributed by atoms with Crippen LogP contribution in [0.3, 0.4) is 0 Å². The summed E-state index contributed by atoms with van der Waals surface area (Å²) >= 11 is 3.55. The van der Waals surface area contributed by atoms with Crippen molar-refractivity contribution in [3.63, 3.8) is 0 Å². The van der Waals surface area contributed by atoms with E-state index in [1.54, 1.807) is 24.3 Å². The molecule has 196 valence electrons. The van der Waals surface area contributed by atoms with Gasteiger partial charge in [-0.2, -0.15) is 0 Å². The van der Waals surface area contributed by atoms with E-state index in [4.69, 9.17) is 9.47 Å². The number of nitrogens with zero attached hydrogens (tertiary/aromatic N) is 1. The number of imide groups is 2. The number of barbiturate groups is 1. The second-order valence-corrected chi connectivity index (χ2v) is 10.1. The van der Waals surface area contributed by atoms with Crippen molar-refractivity contribution in [3.05, 3.63) is 92.0 Å². The molecule has 1 aliphatic heterocycles. The Morgan fingerprint density at radius 2 is 1.55 bits per heavy atom. The van der Waals surface area contributed by atoms with Crippen molar-refractivity contribution < 1.29 is 23.9 Å². The molecule has 4 rings (SSSR count). The fourth-order valence-electron chi connectivity index (χ4n) is 4.05. The van der Waals surface area contributed by atoms with Crippen molar-refractivity contribution in [2.75, 3.05) is 11.5 Å². The number of ether oxygens (including phenoxy) is 2. The average molecular weight is 577 g/mol. The number of benzene rings is 3. The van der Waals surface area contributed by atoms with Gasteiger partial charge in [-0.05, 0) is 114 Å². The maximum absolute atomic E-state index is 13.3. The summed E-state index contributed by atoms with van der Waals surface area (Å²) in [7, 11) is 0. The van der Waals surface area contributed by atoms with Crippen molar-refractivity contribution in [3.8, 4) is 11.5 Å². The molecule has 1 aliphatic rings. The van der Waals surface area contributed by atoms with E-state index in [1.807, 2.05) is 32.9 Å². The molecule has 0 unspecified atom stereocenters. The molecule has 1 fully saturated rings. The number of halogens is 1. The second kappa shape index (κ2) is 11.2. The minimum Gasteiger partial charge on any atom is -0.490 e. The Morgan fingerprint density at radius 1 is 0.868 bits per heavy atom. The van der Waals surface area contributed by atoms with Crippen molar-refractivity contribution in [1.29, 1.82) is 0 Å². The largest absolute Gasteiger partial charge is 0.490 e. The third kappa shape index (κ3) is 5.65. The summed E-state index contributed by atoms with van der Waals surface area (Å²) in [5, 5.41) is 2.27. The summed E-state index contributed by atoms with van der Waals surface area (Å²) in [5.74, 6) is -0.489. The number of carbonyl (C=O) groups excluding carboxylic acids is 3. The highest BCUT2D eigenvalue weighted by atomic mass is 79.9. The van der Waals surface area contributed by atoms with Crippen molar-refractivity contribution in [2.24, 2.45) is 0 Å². The smallest absolute Gasteiger partial charge is 0.335 e. The molecule has 0 radical (unpaired) electrons. The van der Waals surface area contributed by atoms with Crippen LogP contribution in [0.25, 0.3) is 6.08 Å². The molecule has 3 aromatic rings. The number of urea groups is 1. The van der Waals surface area contributed by atoms with Crippen LogP contribution < -0.4 is 19.7 Å². The van der Waals surface area contributed by atoms with Crippen LogP contribution in [0.2, 0.25) is 0 Å². The summed E-state index contributed by atoms with van der Waals surface area (Å²) < 4.78 is 12.5. The summed E-state index contributed by atoms with van der Waals surface area (Å²) in [4.78, 5) is 39.6. The van der Waals surface area contributed by atoms with Gasteiger partial charge in [0.1, 0.15) is 12.2 Å². The number of hydrogen-bond acceptors (Lipinski definition) is 5. The monoisotopic (exact) mass is 576 g/mol. The summed E-state index contributed by atoms with van der Waals surface area (Å²) in [6.07, 6.45) is 1.44. The fraction of sp³-hybridized carbons (Fsp3) is 0.233. The quantitative estimate of drug-likeness (QED) is 0.262. The molecule has 8 heteroatoms. The zero-order valence-corrected chi connectivity index (χ0v) is 23.6. The van der Waals surface area contributed by atoms with Crippen LogP contribution in [0.15, 0.2) is 58.6 Å². The van der Waals surface area contributed by atoms with E-state index in [1.165, 1.54) is 17.2 Å². The number of nitrogens with one attached hydrogen (secondary N) is 1. The Labute approximate surface area is 230 Å².